The van der Waals surface area contributed by atoms with Gasteiger partial charge in [-0.2, -0.15) is 0 Å². The van der Waals surface area contributed by atoms with E-state index in [1.165, 1.54) is 0 Å². The number of urea groups is 1. The molecule has 0 saturated carbocycles. The normalized spacial score (nSPS) is 16.9. The monoisotopic (exact) mass is 375 g/mol. The lowest BCUT2D eigenvalue weighted by atomic mass is 9.94. The lowest BCUT2D eigenvalue weighted by Gasteiger charge is -2.29. The van der Waals surface area contributed by atoms with Gasteiger partial charge in [0.25, 0.3) is 5.91 Å². The van der Waals surface area contributed by atoms with E-state index < -0.39 is 12.1 Å². The first kappa shape index (κ1) is 17.3. The molecule has 0 saturated heterocycles. The van der Waals surface area contributed by atoms with Crippen molar-refractivity contribution < 1.29 is 9.59 Å². The fourth-order valence-electron chi connectivity index (χ4n) is 2.68. The van der Waals surface area contributed by atoms with Gasteiger partial charge in [0.05, 0.1) is 11.6 Å². The Labute approximate surface area is 155 Å². The molecular formula is C18H15Cl2N3O2. The topological polar surface area (TPSA) is 70.2 Å². The Balaban J connectivity index is 1.99. The van der Waals surface area contributed by atoms with Crippen LogP contribution in [0.2, 0.25) is 10.0 Å². The molecule has 0 spiro atoms. The molecular weight excluding hydrogens is 361 g/mol. The van der Waals surface area contributed by atoms with Crippen molar-refractivity contribution in [3.05, 3.63) is 75.4 Å². The number of anilines is 1. The molecule has 128 valence electrons. The first-order valence-electron chi connectivity index (χ1n) is 7.55. The highest BCUT2D eigenvalue weighted by Crippen LogP contribution is 2.33. The minimum atomic E-state index is -0.678. The molecule has 0 bridgehead atoms. The molecule has 0 unspecified atom stereocenters. The van der Waals surface area contributed by atoms with Crippen LogP contribution in [-0.2, 0) is 4.79 Å². The Hall–Kier alpha value is -2.50. The molecule has 3 rings (SSSR count). The Morgan fingerprint density at radius 2 is 1.84 bits per heavy atom. The molecule has 7 heteroatoms. The number of rotatable bonds is 3. The second-order valence-electron chi connectivity index (χ2n) is 5.56. The first-order chi connectivity index (χ1) is 12.0. The van der Waals surface area contributed by atoms with Crippen molar-refractivity contribution in [2.75, 3.05) is 5.32 Å². The third-order valence-electron chi connectivity index (χ3n) is 3.82. The van der Waals surface area contributed by atoms with Crippen LogP contribution >= 0.6 is 23.2 Å². The second kappa shape index (κ2) is 7.17. The average molecular weight is 376 g/mol. The summed E-state index contributed by atoms with van der Waals surface area (Å²) in [5.74, 6) is -0.327. The van der Waals surface area contributed by atoms with Crippen LogP contribution in [0.15, 0.2) is 59.8 Å². The van der Waals surface area contributed by atoms with Crippen LogP contribution < -0.4 is 16.0 Å². The molecule has 0 aromatic heterocycles. The van der Waals surface area contributed by atoms with Crippen molar-refractivity contribution in [1.82, 2.24) is 10.6 Å². The highest BCUT2D eigenvalue weighted by atomic mass is 35.5. The van der Waals surface area contributed by atoms with Gasteiger partial charge in [0, 0.05) is 21.4 Å². The lowest BCUT2D eigenvalue weighted by Crippen LogP contribution is -2.46. The third-order valence-corrected chi connectivity index (χ3v) is 4.38. The van der Waals surface area contributed by atoms with E-state index in [-0.39, 0.29) is 5.91 Å². The molecule has 0 aliphatic carbocycles. The maximum Gasteiger partial charge on any atom is 0.319 e. The van der Waals surface area contributed by atoms with Gasteiger partial charge < -0.3 is 16.0 Å². The average Bonchev–Trinajstić information content (AvgIpc) is 2.54. The molecule has 3 N–H and O–H groups in total. The van der Waals surface area contributed by atoms with Crippen LogP contribution in [0.3, 0.4) is 0 Å². The van der Waals surface area contributed by atoms with E-state index in [1.54, 1.807) is 37.3 Å². The number of halogens is 2. The number of benzene rings is 2. The highest BCUT2D eigenvalue weighted by molar-refractivity contribution is 6.35. The van der Waals surface area contributed by atoms with Gasteiger partial charge in [0.15, 0.2) is 0 Å². The molecule has 1 heterocycles. The summed E-state index contributed by atoms with van der Waals surface area (Å²) in [7, 11) is 0. The predicted molar refractivity (Wildman–Crippen MR) is 98.6 cm³/mol. The largest absolute Gasteiger partial charge is 0.327 e. The van der Waals surface area contributed by atoms with Crippen molar-refractivity contribution in [1.29, 1.82) is 0 Å². The fourth-order valence-corrected chi connectivity index (χ4v) is 3.20. The van der Waals surface area contributed by atoms with Gasteiger partial charge in [-0.15, -0.1) is 0 Å². The van der Waals surface area contributed by atoms with Gasteiger partial charge >= 0.3 is 6.03 Å². The van der Waals surface area contributed by atoms with Gasteiger partial charge in [0.1, 0.15) is 0 Å². The van der Waals surface area contributed by atoms with E-state index >= 15 is 0 Å². The standard InChI is InChI=1S/C18H15Cl2N3O2/c1-10-15(17(24)22-12-5-3-2-4-6-12)16(23-18(25)21-10)13-8-7-11(19)9-14(13)20/h2-9,16H,1H3,(H,22,24)(H2,21,23,25)/t16-/m1/s1. The number of hydrogen-bond donors (Lipinski definition) is 3. The number of carbonyl (C=O) groups excluding carboxylic acids is 2. The number of carbonyl (C=O) groups is 2. The van der Waals surface area contributed by atoms with Gasteiger partial charge in [-0.05, 0) is 36.8 Å². The van der Waals surface area contributed by atoms with Gasteiger partial charge in [-0.25, -0.2) is 4.79 Å². The number of para-hydroxylation sites is 1. The summed E-state index contributed by atoms with van der Waals surface area (Å²) in [6, 6.07) is 12.9. The van der Waals surface area contributed by atoms with E-state index in [0.29, 0.717) is 32.6 Å². The Morgan fingerprint density at radius 1 is 1.12 bits per heavy atom. The Kier molecular flexibility index (Phi) is 4.97. The number of allylic oxidation sites excluding steroid dienone is 1. The molecule has 2 aromatic rings. The molecule has 25 heavy (non-hydrogen) atoms. The van der Waals surface area contributed by atoms with Gasteiger partial charge in [-0.3, -0.25) is 4.79 Å². The van der Waals surface area contributed by atoms with Crippen LogP contribution in [0, 0.1) is 0 Å². The van der Waals surface area contributed by atoms with Gasteiger partial charge in [-0.1, -0.05) is 47.5 Å². The van der Waals surface area contributed by atoms with Crippen LogP contribution in [0.5, 0.6) is 0 Å². The summed E-state index contributed by atoms with van der Waals surface area (Å²) < 4.78 is 0. The van der Waals surface area contributed by atoms with E-state index in [0.717, 1.165) is 0 Å². The maximum absolute atomic E-state index is 12.8. The SMILES string of the molecule is CC1=C(C(=O)Nc2ccccc2)[C@@H](c2ccc(Cl)cc2Cl)NC(=O)N1. The van der Waals surface area contributed by atoms with Crippen LogP contribution in [0.25, 0.3) is 0 Å². The van der Waals surface area contributed by atoms with Crippen LogP contribution in [0.1, 0.15) is 18.5 Å². The molecule has 0 fully saturated rings. The highest BCUT2D eigenvalue weighted by Gasteiger charge is 2.32. The van der Waals surface area contributed by atoms with E-state index in [2.05, 4.69) is 16.0 Å². The molecule has 1 aliphatic heterocycles. The lowest BCUT2D eigenvalue weighted by molar-refractivity contribution is -0.113. The molecule has 1 aliphatic rings. The molecule has 5 nitrogen and oxygen atoms in total. The summed E-state index contributed by atoms with van der Waals surface area (Å²) in [6.45, 7) is 1.68. The van der Waals surface area contributed by atoms with Crippen molar-refractivity contribution >= 4 is 40.8 Å². The van der Waals surface area contributed by atoms with E-state index in [4.69, 9.17) is 23.2 Å². The zero-order valence-corrected chi connectivity index (χ0v) is 14.8. The van der Waals surface area contributed by atoms with Crippen molar-refractivity contribution in [3.63, 3.8) is 0 Å². The molecule has 3 amide bonds. The van der Waals surface area contributed by atoms with E-state index in [9.17, 15) is 9.59 Å². The zero-order chi connectivity index (χ0) is 18.0. The number of hydrogen-bond acceptors (Lipinski definition) is 2. The number of nitrogens with one attached hydrogen (secondary N) is 3. The van der Waals surface area contributed by atoms with Crippen LogP contribution in [0.4, 0.5) is 10.5 Å². The summed E-state index contributed by atoms with van der Waals surface area (Å²) in [6.07, 6.45) is 0. The summed E-state index contributed by atoms with van der Waals surface area (Å²) in [4.78, 5) is 24.7. The summed E-state index contributed by atoms with van der Waals surface area (Å²) in [5, 5.41) is 9.05. The van der Waals surface area contributed by atoms with Crippen molar-refractivity contribution in [2.24, 2.45) is 0 Å². The van der Waals surface area contributed by atoms with Gasteiger partial charge in [0.2, 0.25) is 0 Å². The molecule has 1 atom stereocenters. The van der Waals surface area contributed by atoms with Crippen molar-refractivity contribution in [2.45, 2.75) is 13.0 Å². The first-order valence-corrected chi connectivity index (χ1v) is 8.31. The predicted octanol–water partition coefficient (Wildman–Crippen LogP) is 4.26. The van der Waals surface area contributed by atoms with Crippen molar-refractivity contribution in [3.8, 4) is 0 Å². The smallest absolute Gasteiger partial charge is 0.319 e. The third kappa shape index (κ3) is 3.78. The van der Waals surface area contributed by atoms with E-state index in [1.807, 2.05) is 18.2 Å². The molecule has 0 radical (unpaired) electrons. The Bertz CT molecular complexity index is 866. The number of amides is 3. The quantitative estimate of drug-likeness (QED) is 0.749. The summed E-state index contributed by atoms with van der Waals surface area (Å²) in [5.41, 5.74) is 2.10. The minimum Gasteiger partial charge on any atom is -0.327 e. The second-order valence-corrected chi connectivity index (χ2v) is 6.40. The minimum absolute atomic E-state index is 0.327. The molecule has 2 aromatic carbocycles. The maximum atomic E-state index is 12.8. The fraction of sp³-hybridized carbons (Fsp3) is 0.111. The zero-order valence-electron chi connectivity index (χ0n) is 13.3. The Morgan fingerprint density at radius 3 is 2.52 bits per heavy atom. The van der Waals surface area contributed by atoms with Crippen LogP contribution in [-0.4, -0.2) is 11.9 Å². The summed E-state index contributed by atoms with van der Waals surface area (Å²) >= 11 is 12.2.